The molecule has 0 spiro atoms. The number of hydrogen-bond acceptors (Lipinski definition) is 2. The van der Waals surface area contributed by atoms with Crippen LogP contribution >= 0.6 is 15.9 Å². The third kappa shape index (κ3) is 2.44. The van der Waals surface area contributed by atoms with Crippen LogP contribution in [0.3, 0.4) is 0 Å². The van der Waals surface area contributed by atoms with Gasteiger partial charge in [0.2, 0.25) is 0 Å². The van der Waals surface area contributed by atoms with E-state index < -0.39 is 0 Å². The average molecular weight is 290 g/mol. The van der Waals surface area contributed by atoms with Gasteiger partial charge in [-0.15, -0.1) is 0 Å². The average Bonchev–Trinajstić information content (AvgIpc) is 2.33. The van der Waals surface area contributed by atoms with E-state index in [1.54, 1.807) is 6.20 Å². The van der Waals surface area contributed by atoms with Crippen molar-refractivity contribution in [1.82, 2.24) is 4.98 Å². The fourth-order valence-electron chi connectivity index (χ4n) is 1.61. The molecule has 86 valence electrons. The highest BCUT2D eigenvalue weighted by molar-refractivity contribution is 9.10. The molecule has 0 amide bonds. The molecule has 1 aromatic carbocycles. The zero-order valence-corrected chi connectivity index (χ0v) is 11.3. The highest BCUT2D eigenvalue weighted by Gasteiger charge is 2.12. The van der Waals surface area contributed by atoms with Gasteiger partial charge < -0.3 is 0 Å². The van der Waals surface area contributed by atoms with Gasteiger partial charge >= 0.3 is 0 Å². The van der Waals surface area contributed by atoms with Crippen molar-refractivity contribution in [3.8, 4) is 0 Å². The number of aromatic nitrogens is 1. The molecule has 0 atom stereocenters. The number of nitrogens with zero attached hydrogens (tertiary/aromatic N) is 1. The first-order valence-electron chi connectivity index (χ1n) is 5.32. The molecule has 2 aromatic rings. The van der Waals surface area contributed by atoms with Crippen LogP contribution in [0.15, 0.2) is 41.0 Å². The van der Waals surface area contributed by atoms with Crippen molar-refractivity contribution in [2.24, 2.45) is 0 Å². The van der Waals surface area contributed by atoms with E-state index in [4.69, 9.17) is 0 Å². The van der Waals surface area contributed by atoms with Crippen molar-refractivity contribution in [2.45, 2.75) is 13.8 Å². The quantitative estimate of drug-likeness (QED) is 0.789. The third-order valence-corrected chi connectivity index (χ3v) is 3.54. The lowest BCUT2D eigenvalue weighted by Crippen LogP contribution is -2.04. The first-order valence-corrected chi connectivity index (χ1v) is 6.11. The topological polar surface area (TPSA) is 30.0 Å². The highest BCUT2D eigenvalue weighted by atomic mass is 79.9. The lowest BCUT2D eigenvalue weighted by Gasteiger charge is -2.06. The molecule has 0 bridgehead atoms. The van der Waals surface area contributed by atoms with Gasteiger partial charge in [0.15, 0.2) is 5.78 Å². The molecular weight excluding hydrogens is 278 g/mol. The number of halogens is 1. The van der Waals surface area contributed by atoms with E-state index >= 15 is 0 Å². The SMILES string of the molecule is Cc1ccc(C(=O)c2cccc(Br)c2C)cn1. The van der Waals surface area contributed by atoms with Crippen molar-refractivity contribution in [2.75, 3.05) is 0 Å². The Morgan fingerprint density at radius 3 is 2.59 bits per heavy atom. The second-order valence-corrected chi connectivity index (χ2v) is 4.78. The number of benzene rings is 1. The predicted molar refractivity (Wildman–Crippen MR) is 71.3 cm³/mol. The van der Waals surface area contributed by atoms with Crippen LogP contribution < -0.4 is 0 Å². The molecule has 0 fully saturated rings. The second kappa shape index (κ2) is 4.80. The predicted octanol–water partition coefficient (Wildman–Crippen LogP) is 3.69. The molecule has 0 N–H and O–H groups in total. The second-order valence-electron chi connectivity index (χ2n) is 3.93. The van der Waals surface area contributed by atoms with Gasteiger partial charge in [0.25, 0.3) is 0 Å². The summed E-state index contributed by atoms with van der Waals surface area (Å²) >= 11 is 3.43. The minimum Gasteiger partial charge on any atom is -0.289 e. The summed E-state index contributed by atoms with van der Waals surface area (Å²) in [6, 6.07) is 9.29. The Kier molecular flexibility index (Phi) is 3.38. The third-order valence-electron chi connectivity index (χ3n) is 2.69. The lowest BCUT2D eigenvalue weighted by molar-refractivity contribution is 0.103. The van der Waals surface area contributed by atoms with Gasteiger partial charge in [0, 0.05) is 27.5 Å². The normalized spacial score (nSPS) is 10.3. The zero-order chi connectivity index (χ0) is 12.4. The van der Waals surface area contributed by atoms with Crippen molar-refractivity contribution in [3.63, 3.8) is 0 Å². The van der Waals surface area contributed by atoms with Crippen molar-refractivity contribution in [3.05, 3.63) is 63.4 Å². The first-order chi connectivity index (χ1) is 8.09. The van der Waals surface area contributed by atoms with Crippen LogP contribution in [0.4, 0.5) is 0 Å². The van der Waals surface area contributed by atoms with Crippen LogP contribution in [-0.4, -0.2) is 10.8 Å². The van der Waals surface area contributed by atoms with Gasteiger partial charge in [-0.25, -0.2) is 0 Å². The van der Waals surface area contributed by atoms with Gasteiger partial charge in [0.05, 0.1) is 0 Å². The number of aryl methyl sites for hydroxylation is 1. The Hall–Kier alpha value is -1.48. The Labute approximate surface area is 109 Å². The van der Waals surface area contributed by atoms with Crippen molar-refractivity contribution in [1.29, 1.82) is 0 Å². The summed E-state index contributed by atoms with van der Waals surface area (Å²) in [6.45, 7) is 3.83. The molecule has 0 aliphatic heterocycles. The largest absolute Gasteiger partial charge is 0.289 e. The molecule has 1 aromatic heterocycles. The number of rotatable bonds is 2. The zero-order valence-electron chi connectivity index (χ0n) is 9.70. The van der Waals surface area contributed by atoms with Crippen LogP contribution in [0.5, 0.6) is 0 Å². The Balaban J connectivity index is 2.44. The number of carbonyl (C=O) groups is 1. The molecule has 0 aliphatic rings. The summed E-state index contributed by atoms with van der Waals surface area (Å²) in [4.78, 5) is 16.4. The highest BCUT2D eigenvalue weighted by Crippen LogP contribution is 2.21. The van der Waals surface area contributed by atoms with Crippen LogP contribution in [-0.2, 0) is 0 Å². The lowest BCUT2D eigenvalue weighted by atomic mass is 10.0. The molecular formula is C14H12BrNO. The summed E-state index contributed by atoms with van der Waals surface area (Å²) in [7, 11) is 0. The maximum Gasteiger partial charge on any atom is 0.194 e. The number of pyridine rings is 1. The summed E-state index contributed by atoms with van der Waals surface area (Å²) in [5.41, 5.74) is 3.20. The van der Waals surface area contributed by atoms with Crippen LogP contribution in [0.2, 0.25) is 0 Å². The molecule has 0 unspecified atom stereocenters. The standard InChI is InChI=1S/C14H12BrNO/c1-9-6-7-11(8-16-9)14(17)12-4-3-5-13(15)10(12)2/h3-8H,1-2H3. The van der Waals surface area contributed by atoms with E-state index in [0.29, 0.717) is 11.1 Å². The first kappa shape index (κ1) is 12.0. The molecule has 2 rings (SSSR count). The fraction of sp³-hybridized carbons (Fsp3) is 0.143. The number of carbonyl (C=O) groups excluding carboxylic acids is 1. The van der Waals surface area contributed by atoms with E-state index in [1.165, 1.54) is 0 Å². The fourth-order valence-corrected chi connectivity index (χ4v) is 1.98. The Bertz CT molecular complexity index is 561. The summed E-state index contributed by atoms with van der Waals surface area (Å²) in [6.07, 6.45) is 1.62. The summed E-state index contributed by atoms with van der Waals surface area (Å²) in [5.74, 6) is 0.0105. The van der Waals surface area contributed by atoms with Crippen LogP contribution in [0.25, 0.3) is 0 Å². The molecule has 0 radical (unpaired) electrons. The number of ketones is 1. The molecule has 17 heavy (non-hydrogen) atoms. The van der Waals surface area contributed by atoms with Gasteiger partial charge in [-0.1, -0.05) is 28.1 Å². The van der Waals surface area contributed by atoms with Crippen molar-refractivity contribution < 1.29 is 4.79 Å². The monoisotopic (exact) mass is 289 g/mol. The molecule has 1 heterocycles. The summed E-state index contributed by atoms with van der Waals surface area (Å²) < 4.78 is 0.948. The van der Waals surface area contributed by atoms with E-state index in [2.05, 4.69) is 20.9 Å². The minimum atomic E-state index is 0.0105. The molecule has 0 saturated heterocycles. The van der Waals surface area contributed by atoms with E-state index in [1.807, 2.05) is 44.2 Å². The minimum absolute atomic E-state index is 0.0105. The number of hydrogen-bond donors (Lipinski definition) is 0. The van der Waals surface area contributed by atoms with Crippen molar-refractivity contribution >= 4 is 21.7 Å². The summed E-state index contributed by atoms with van der Waals surface area (Å²) in [5, 5.41) is 0. The molecule has 0 aliphatic carbocycles. The Morgan fingerprint density at radius 1 is 1.18 bits per heavy atom. The maximum absolute atomic E-state index is 12.3. The van der Waals surface area contributed by atoms with Gasteiger partial charge in [-0.3, -0.25) is 9.78 Å². The van der Waals surface area contributed by atoms with Crippen LogP contribution in [0, 0.1) is 13.8 Å². The van der Waals surface area contributed by atoms with Gasteiger partial charge in [0.1, 0.15) is 0 Å². The van der Waals surface area contributed by atoms with E-state index in [-0.39, 0.29) is 5.78 Å². The van der Waals surface area contributed by atoms with Gasteiger partial charge in [-0.2, -0.15) is 0 Å². The smallest absolute Gasteiger partial charge is 0.194 e. The Morgan fingerprint density at radius 2 is 1.94 bits per heavy atom. The van der Waals surface area contributed by atoms with Crippen LogP contribution in [0.1, 0.15) is 27.2 Å². The molecule has 0 saturated carbocycles. The van der Waals surface area contributed by atoms with E-state index in [9.17, 15) is 4.79 Å². The van der Waals surface area contributed by atoms with E-state index in [0.717, 1.165) is 15.7 Å². The van der Waals surface area contributed by atoms with Gasteiger partial charge in [-0.05, 0) is 37.6 Å². The maximum atomic E-state index is 12.3. The molecule has 3 heteroatoms. The molecule has 2 nitrogen and oxygen atoms in total.